The maximum absolute atomic E-state index is 10.3. The Balaban J connectivity index is 2.35. The van der Waals surface area contributed by atoms with Crippen LogP contribution >= 0.6 is 15.9 Å². The molecule has 1 aromatic heterocycles. The molecular weight excluding hydrogens is 244 g/mol. The lowest BCUT2D eigenvalue weighted by molar-refractivity contribution is -0.0809. The molecule has 0 unspecified atom stereocenters. The van der Waals surface area contributed by atoms with E-state index in [-0.39, 0.29) is 0 Å². The fourth-order valence-corrected chi connectivity index (χ4v) is 3.02. The van der Waals surface area contributed by atoms with Gasteiger partial charge < -0.3 is 5.11 Å². The van der Waals surface area contributed by atoms with E-state index in [1.165, 1.54) is 0 Å². The second-order valence-corrected chi connectivity index (χ2v) is 5.06. The molecule has 1 aliphatic rings. The first-order valence-corrected chi connectivity index (χ1v) is 5.80. The van der Waals surface area contributed by atoms with Crippen molar-refractivity contribution in [3.05, 3.63) is 16.4 Å². The van der Waals surface area contributed by atoms with Crippen molar-refractivity contribution in [3.63, 3.8) is 0 Å². The number of aromatic nitrogens is 2. The van der Waals surface area contributed by atoms with Gasteiger partial charge in [-0.3, -0.25) is 4.68 Å². The maximum atomic E-state index is 10.3. The summed E-state index contributed by atoms with van der Waals surface area (Å²) in [7, 11) is 0. The number of hydrogen-bond donors (Lipinski definition) is 1. The first-order chi connectivity index (χ1) is 6.57. The van der Waals surface area contributed by atoms with Crippen molar-refractivity contribution in [2.24, 2.45) is 5.92 Å². The van der Waals surface area contributed by atoms with E-state index >= 15 is 0 Å². The number of rotatable bonds is 2. The lowest BCUT2D eigenvalue weighted by Gasteiger charge is -2.42. The van der Waals surface area contributed by atoms with Crippen molar-refractivity contribution in [1.82, 2.24) is 9.78 Å². The second-order valence-electron chi connectivity index (χ2n) is 4.20. The number of hydrogen-bond acceptors (Lipinski definition) is 2. The Kier molecular flexibility index (Phi) is 2.43. The monoisotopic (exact) mass is 258 g/mol. The topological polar surface area (TPSA) is 38.0 Å². The highest BCUT2D eigenvalue weighted by atomic mass is 79.9. The second kappa shape index (κ2) is 3.35. The molecule has 78 valence electrons. The summed E-state index contributed by atoms with van der Waals surface area (Å²) in [5, 5.41) is 14.6. The Morgan fingerprint density at radius 1 is 1.71 bits per heavy atom. The van der Waals surface area contributed by atoms with Gasteiger partial charge in [-0.1, -0.05) is 6.92 Å². The summed E-state index contributed by atoms with van der Waals surface area (Å²) in [6.07, 6.45) is 3.45. The van der Waals surface area contributed by atoms with Crippen LogP contribution in [-0.4, -0.2) is 14.9 Å². The fraction of sp³-hybridized carbons (Fsp3) is 0.700. The number of nitrogens with zero attached hydrogens (tertiary/aromatic N) is 2. The van der Waals surface area contributed by atoms with Crippen LogP contribution in [0.15, 0.2) is 10.7 Å². The smallest absolute Gasteiger partial charge is 0.108 e. The van der Waals surface area contributed by atoms with Crippen LogP contribution in [0.1, 0.15) is 32.4 Å². The van der Waals surface area contributed by atoms with Gasteiger partial charge in [-0.25, -0.2) is 0 Å². The molecule has 1 aliphatic carbocycles. The third-order valence-electron chi connectivity index (χ3n) is 2.91. The Labute approximate surface area is 92.2 Å². The summed E-state index contributed by atoms with van der Waals surface area (Å²) in [6.45, 7) is 5.00. The Hall–Kier alpha value is -0.350. The molecule has 0 saturated heterocycles. The number of aliphatic hydroxyl groups is 1. The van der Waals surface area contributed by atoms with Crippen LogP contribution in [0, 0.1) is 5.92 Å². The van der Waals surface area contributed by atoms with Gasteiger partial charge in [-0.15, -0.1) is 0 Å². The Morgan fingerprint density at radius 3 is 2.86 bits per heavy atom. The summed E-state index contributed by atoms with van der Waals surface area (Å²) in [4.78, 5) is 0. The third kappa shape index (κ3) is 1.41. The molecule has 3 nitrogen and oxygen atoms in total. The molecular formula is C10H15BrN2O. The molecule has 1 fully saturated rings. The highest BCUT2D eigenvalue weighted by Crippen LogP contribution is 2.47. The summed E-state index contributed by atoms with van der Waals surface area (Å²) in [6, 6.07) is 0. The van der Waals surface area contributed by atoms with Gasteiger partial charge in [0.1, 0.15) is 5.60 Å². The van der Waals surface area contributed by atoms with Gasteiger partial charge in [0.2, 0.25) is 0 Å². The highest BCUT2D eigenvalue weighted by molar-refractivity contribution is 9.10. The van der Waals surface area contributed by atoms with Crippen molar-refractivity contribution in [2.75, 3.05) is 0 Å². The molecule has 0 radical (unpaired) electrons. The molecule has 0 bridgehead atoms. The van der Waals surface area contributed by atoms with E-state index in [1.807, 2.05) is 11.6 Å². The summed E-state index contributed by atoms with van der Waals surface area (Å²) >= 11 is 3.45. The van der Waals surface area contributed by atoms with Crippen LogP contribution in [0.25, 0.3) is 0 Å². The number of aryl methyl sites for hydroxylation is 1. The molecule has 14 heavy (non-hydrogen) atoms. The minimum absolute atomic E-state index is 0.618. The van der Waals surface area contributed by atoms with E-state index < -0.39 is 5.60 Å². The average molecular weight is 259 g/mol. The SMILES string of the molecule is CCn1ncc(Br)c1C1(O)CC(C)C1. The first-order valence-electron chi connectivity index (χ1n) is 5.01. The van der Waals surface area contributed by atoms with Gasteiger partial charge in [-0.2, -0.15) is 5.10 Å². The quantitative estimate of drug-likeness (QED) is 0.884. The van der Waals surface area contributed by atoms with Crippen molar-refractivity contribution in [3.8, 4) is 0 Å². The molecule has 0 atom stereocenters. The fourth-order valence-electron chi connectivity index (χ4n) is 2.35. The van der Waals surface area contributed by atoms with E-state index in [1.54, 1.807) is 6.20 Å². The minimum atomic E-state index is -0.648. The van der Waals surface area contributed by atoms with Gasteiger partial charge in [0.15, 0.2) is 0 Å². The van der Waals surface area contributed by atoms with Crippen LogP contribution in [0.3, 0.4) is 0 Å². The van der Waals surface area contributed by atoms with E-state index in [0.29, 0.717) is 5.92 Å². The molecule has 0 aliphatic heterocycles. The van der Waals surface area contributed by atoms with E-state index in [2.05, 4.69) is 28.0 Å². The highest BCUT2D eigenvalue weighted by Gasteiger charge is 2.45. The van der Waals surface area contributed by atoms with Gasteiger partial charge in [0.25, 0.3) is 0 Å². The standard InChI is InChI=1S/C10H15BrN2O/c1-3-13-9(8(11)6-12-13)10(14)4-7(2)5-10/h6-7,14H,3-5H2,1-2H3. The predicted octanol–water partition coefficient (Wildman–Crippen LogP) is 2.28. The molecule has 1 aromatic rings. The molecule has 1 saturated carbocycles. The largest absolute Gasteiger partial charge is 0.384 e. The van der Waals surface area contributed by atoms with Gasteiger partial charge in [-0.05, 0) is 41.6 Å². The lowest BCUT2D eigenvalue weighted by Crippen LogP contribution is -2.41. The van der Waals surface area contributed by atoms with Crippen molar-refractivity contribution < 1.29 is 5.11 Å². The van der Waals surface area contributed by atoms with Crippen LogP contribution in [-0.2, 0) is 12.1 Å². The van der Waals surface area contributed by atoms with E-state index in [0.717, 1.165) is 29.6 Å². The molecule has 1 heterocycles. The molecule has 0 aromatic carbocycles. The lowest BCUT2D eigenvalue weighted by atomic mass is 9.70. The summed E-state index contributed by atoms with van der Waals surface area (Å²) in [5.41, 5.74) is 0.295. The predicted molar refractivity (Wildman–Crippen MR) is 57.9 cm³/mol. The van der Waals surface area contributed by atoms with Crippen LogP contribution in [0.5, 0.6) is 0 Å². The molecule has 0 spiro atoms. The van der Waals surface area contributed by atoms with Crippen molar-refractivity contribution >= 4 is 15.9 Å². The normalized spacial score (nSPS) is 31.6. The third-order valence-corrected chi connectivity index (χ3v) is 3.49. The van der Waals surface area contributed by atoms with E-state index in [9.17, 15) is 5.11 Å². The zero-order valence-corrected chi connectivity index (χ0v) is 10.1. The minimum Gasteiger partial charge on any atom is -0.384 e. The Bertz CT molecular complexity index is 342. The zero-order chi connectivity index (χ0) is 10.3. The average Bonchev–Trinajstić information content (AvgIpc) is 2.44. The van der Waals surface area contributed by atoms with Gasteiger partial charge in [0.05, 0.1) is 16.4 Å². The summed E-state index contributed by atoms with van der Waals surface area (Å²) < 4.78 is 2.80. The van der Waals surface area contributed by atoms with Crippen LogP contribution in [0.2, 0.25) is 0 Å². The van der Waals surface area contributed by atoms with Crippen molar-refractivity contribution in [2.45, 2.75) is 38.8 Å². The van der Waals surface area contributed by atoms with Crippen LogP contribution in [0.4, 0.5) is 0 Å². The number of halogens is 1. The maximum Gasteiger partial charge on any atom is 0.108 e. The summed E-state index contributed by atoms with van der Waals surface area (Å²) in [5.74, 6) is 0.618. The van der Waals surface area contributed by atoms with Gasteiger partial charge >= 0.3 is 0 Å². The Morgan fingerprint density at radius 2 is 2.36 bits per heavy atom. The zero-order valence-electron chi connectivity index (χ0n) is 8.50. The molecule has 2 rings (SSSR count). The van der Waals surface area contributed by atoms with Crippen molar-refractivity contribution in [1.29, 1.82) is 0 Å². The first kappa shape index (κ1) is 10.2. The molecule has 0 amide bonds. The van der Waals surface area contributed by atoms with Gasteiger partial charge in [0, 0.05) is 6.54 Å². The van der Waals surface area contributed by atoms with Crippen LogP contribution < -0.4 is 0 Å². The molecule has 1 N–H and O–H groups in total. The van der Waals surface area contributed by atoms with E-state index in [4.69, 9.17) is 0 Å². The molecule has 4 heteroatoms.